The number of hydrogen-bond donors (Lipinski definition) is 2. The molecular weight excluding hydrogens is 280 g/mol. The van der Waals surface area contributed by atoms with Gasteiger partial charge >= 0.3 is 5.97 Å². The van der Waals surface area contributed by atoms with Crippen molar-refractivity contribution in [2.24, 2.45) is 0 Å². The standard InChI is InChI=1S/C16H18N4O2/c1-11-17-14(10-15(18-11)20-8-4-5-9-20)19-13-7-3-2-6-12(13)16(21)22/h2-3,6-7,10H,4-5,8-9H2,1H3,(H,21,22)(H,17,18,19). The van der Waals surface area contributed by atoms with Crippen LogP contribution in [0.5, 0.6) is 0 Å². The van der Waals surface area contributed by atoms with Crippen LogP contribution in [0.1, 0.15) is 29.0 Å². The number of hydrogen-bond acceptors (Lipinski definition) is 5. The molecule has 114 valence electrons. The third kappa shape index (κ3) is 3.00. The molecule has 2 aromatic rings. The van der Waals surface area contributed by atoms with Crippen molar-refractivity contribution in [3.63, 3.8) is 0 Å². The fourth-order valence-corrected chi connectivity index (χ4v) is 2.64. The molecule has 0 saturated carbocycles. The minimum atomic E-state index is -0.964. The number of anilines is 3. The number of carboxylic acids is 1. The number of benzene rings is 1. The molecule has 0 spiro atoms. The van der Waals surface area contributed by atoms with E-state index in [9.17, 15) is 9.90 Å². The first-order valence-corrected chi connectivity index (χ1v) is 7.33. The van der Waals surface area contributed by atoms with Gasteiger partial charge in [0.1, 0.15) is 17.5 Å². The zero-order chi connectivity index (χ0) is 15.5. The van der Waals surface area contributed by atoms with Gasteiger partial charge in [0.05, 0.1) is 11.3 Å². The Morgan fingerprint density at radius 3 is 2.68 bits per heavy atom. The van der Waals surface area contributed by atoms with E-state index in [1.807, 2.05) is 13.0 Å². The van der Waals surface area contributed by atoms with E-state index < -0.39 is 5.97 Å². The molecule has 0 amide bonds. The fourth-order valence-electron chi connectivity index (χ4n) is 2.64. The van der Waals surface area contributed by atoms with Crippen LogP contribution < -0.4 is 10.2 Å². The molecule has 1 aliphatic rings. The molecule has 1 fully saturated rings. The third-order valence-corrected chi connectivity index (χ3v) is 3.67. The van der Waals surface area contributed by atoms with Crippen LogP contribution in [-0.2, 0) is 0 Å². The van der Waals surface area contributed by atoms with E-state index in [-0.39, 0.29) is 5.56 Å². The molecule has 6 nitrogen and oxygen atoms in total. The van der Waals surface area contributed by atoms with Gasteiger partial charge in [0.2, 0.25) is 0 Å². The molecule has 0 aliphatic carbocycles. The van der Waals surface area contributed by atoms with Gasteiger partial charge in [-0.3, -0.25) is 0 Å². The Balaban J connectivity index is 1.91. The molecule has 2 N–H and O–H groups in total. The highest BCUT2D eigenvalue weighted by molar-refractivity contribution is 5.95. The molecule has 1 aromatic heterocycles. The fraction of sp³-hybridized carbons (Fsp3) is 0.312. The van der Waals surface area contributed by atoms with Gasteiger partial charge in [0.25, 0.3) is 0 Å². The van der Waals surface area contributed by atoms with Crippen molar-refractivity contribution < 1.29 is 9.90 Å². The van der Waals surface area contributed by atoms with Gasteiger partial charge in [0.15, 0.2) is 0 Å². The average molecular weight is 298 g/mol. The maximum atomic E-state index is 11.3. The molecule has 1 saturated heterocycles. The lowest BCUT2D eigenvalue weighted by Crippen LogP contribution is -2.19. The van der Waals surface area contributed by atoms with Crippen molar-refractivity contribution in [1.29, 1.82) is 0 Å². The Morgan fingerprint density at radius 1 is 1.23 bits per heavy atom. The van der Waals surface area contributed by atoms with Gasteiger partial charge in [-0.1, -0.05) is 12.1 Å². The summed E-state index contributed by atoms with van der Waals surface area (Å²) in [5.41, 5.74) is 0.752. The molecule has 2 heterocycles. The molecule has 0 unspecified atom stereocenters. The molecule has 3 rings (SSSR count). The Bertz CT molecular complexity index is 696. The maximum absolute atomic E-state index is 11.3. The Hall–Kier alpha value is -2.63. The van der Waals surface area contributed by atoms with Crippen molar-refractivity contribution in [3.05, 3.63) is 41.7 Å². The predicted octanol–water partition coefficient (Wildman–Crippen LogP) is 2.83. The van der Waals surface area contributed by atoms with Gasteiger partial charge in [0, 0.05) is 19.2 Å². The van der Waals surface area contributed by atoms with E-state index in [4.69, 9.17) is 0 Å². The van der Waals surface area contributed by atoms with Crippen LogP contribution in [0.3, 0.4) is 0 Å². The zero-order valence-electron chi connectivity index (χ0n) is 12.4. The molecule has 0 bridgehead atoms. The van der Waals surface area contributed by atoms with Gasteiger partial charge in [-0.15, -0.1) is 0 Å². The number of aromatic carboxylic acids is 1. The summed E-state index contributed by atoms with van der Waals surface area (Å²) in [6, 6.07) is 8.67. The number of carboxylic acid groups (broad SMARTS) is 1. The van der Waals surface area contributed by atoms with Crippen LogP contribution in [0.15, 0.2) is 30.3 Å². The molecule has 6 heteroatoms. The SMILES string of the molecule is Cc1nc(Nc2ccccc2C(=O)O)cc(N2CCCC2)n1. The highest BCUT2D eigenvalue weighted by Gasteiger charge is 2.16. The first-order valence-electron chi connectivity index (χ1n) is 7.33. The number of para-hydroxylation sites is 1. The monoisotopic (exact) mass is 298 g/mol. The minimum absolute atomic E-state index is 0.224. The molecule has 1 aliphatic heterocycles. The zero-order valence-corrected chi connectivity index (χ0v) is 12.4. The van der Waals surface area contributed by atoms with Gasteiger partial charge in [-0.25, -0.2) is 14.8 Å². The van der Waals surface area contributed by atoms with Crippen LogP contribution in [0.2, 0.25) is 0 Å². The molecule has 0 radical (unpaired) electrons. The lowest BCUT2D eigenvalue weighted by molar-refractivity contribution is 0.0698. The quantitative estimate of drug-likeness (QED) is 0.903. The van der Waals surface area contributed by atoms with Crippen molar-refractivity contribution in [2.75, 3.05) is 23.3 Å². The summed E-state index contributed by atoms with van der Waals surface area (Å²) < 4.78 is 0. The minimum Gasteiger partial charge on any atom is -0.478 e. The van der Waals surface area contributed by atoms with Crippen LogP contribution >= 0.6 is 0 Å². The maximum Gasteiger partial charge on any atom is 0.337 e. The number of carbonyl (C=O) groups is 1. The molecule has 22 heavy (non-hydrogen) atoms. The summed E-state index contributed by atoms with van der Waals surface area (Å²) in [6.45, 7) is 3.84. The van der Waals surface area contributed by atoms with Crippen LogP contribution in [0.4, 0.5) is 17.3 Å². The van der Waals surface area contributed by atoms with E-state index in [0.717, 1.165) is 18.9 Å². The second-order valence-corrected chi connectivity index (χ2v) is 5.33. The highest BCUT2D eigenvalue weighted by atomic mass is 16.4. The molecular formula is C16H18N4O2. The van der Waals surface area contributed by atoms with Crippen LogP contribution in [0.25, 0.3) is 0 Å². The topological polar surface area (TPSA) is 78.3 Å². The summed E-state index contributed by atoms with van der Waals surface area (Å²) >= 11 is 0. The second-order valence-electron chi connectivity index (χ2n) is 5.33. The molecule has 1 aromatic carbocycles. The van der Waals surface area contributed by atoms with E-state index in [0.29, 0.717) is 17.3 Å². The van der Waals surface area contributed by atoms with Crippen molar-refractivity contribution in [1.82, 2.24) is 9.97 Å². The lowest BCUT2D eigenvalue weighted by Gasteiger charge is -2.18. The van der Waals surface area contributed by atoms with Crippen LogP contribution in [-0.4, -0.2) is 34.1 Å². The van der Waals surface area contributed by atoms with Crippen molar-refractivity contribution >= 4 is 23.3 Å². The summed E-state index contributed by atoms with van der Waals surface area (Å²) in [4.78, 5) is 22.3. The average Bonchev–Trinajstić information content (AvgIpc) is 3.01. The van der Waals surface area contributed by atoms with Gasteiger partial charge in [-0.05, 0) is 31.9 Å². The van der Waals surface area contributed by atoms with E-state index >= 15 is 0 Å². The summed E-state index contributed by atoms with van der Waals surface area (Å²) in [5, 5.41) is 12.3. The summed E-state index contributed by atoms with van der Waals surface area (Å²) in [7, 11) is 0. The van der Waals surface area contributed by atoms with Crippen molar-refractivity contribution in [3.8, 4) is 0 Å². The predicted molar refractivity (Wildman–Crippen MR) is 84.9 cm³/mol. The largest absolute Gasteiger partial charge is 0.478 e. The normalized spacial score (nSPS) is 14.1. The Labute approximate surface area is 128 Å². The number of aryl methyl sites for hydroxylation is 1. The van der Waals surface area contributed by atoms with Gasteiger partial charge in [-0.2, -0.15) is 0 Å². The first kappa shape index (κ1) is 14.3. The molecule has 0 atom stereocenters. The lowest BCUT2D eigenvalue weighted by atomic mass is 10.2. The smallest absolute Gasteiger partial charge is 0.337 e. The number of nitrogens with one attached hydrogen (secondary N) is 1. The third-order valence-electron chi connectivity index (χ3n) is 3.67. The Morgan fingerprint density at radius 2 is 1.95 bits per heavy atom. The highest BCUT2D eigenvalue weighted by Crippen LogP contribution is 2.24. The Kier molecular flexibility index (Phi) is 3.91. The number of aromatic nitrogens is 2. The number of rotatable bonds is 4. The van der Waals surface area contributed by atoms with E-state index in [1.165, 1.54) is 12.8 Å². The van der Waals surface area contributed by atoms with Gasteiger partial charge < -0.3 is 15.3 Å². The van der Waals surface area contributed by atoms with E-state index in [2.05, 4.69) is 20.2 Å². The second kappa shape index (κ2) is 6.01. The van der Waals surface area contributed by atoms with Crippen molar-refractivity contribution in [2.45, 2.75) is 19.8 Å². The number of nitrogens with zero attached hydrogens (tertiary/aromatic N) is 3. The van der Waals surface area contributed by atoms with E-state index in [1.54, 1.807) is 24.3 Å². The summed E-state index contributed by atoms with van der Waals surface area (Å²) in [5.74, 6) is 1.21. The summed E-state index contributed by atoms with van der Waals surface area (Å²) in [6.07, 6.45) is 2.35. The van der Waals surface area contributed by atoms with Crippen LogP contribution in [0, 0.1) is 6.92 Å². The first-order chi connectivity index (χ1) is 10.6.